The molecular formula is C17H20N2O2. The second kappa shape index (κ2) is 6.79. The summed E-state index contributed by atoms with van der Waals surface area (Å²) in [5, 5.41) is 2.87. The van der Waals surface area contributed by atoms with E-state index in [-0.39, 0.29) is 5.91 Å². The first-order chi connectivity index (χ1) is 10.1. The van der Waals surface area contributed by atoms with Gasteiger partial charge in [-0.2, -0.15) is 0 Å². The third kappa shape index (κ3) is 3.99. The van der Waals surface area contributed by atoms with Crippen molar-refractivity contribution in [2.24, 2.45) is 0 Å². The van der Waals surface area contributed by atoms with Crippen LogP contribution in [0.2, 0.25) is 0 Å². The van der Waals surface area contributed by atoms with Gasteiger partial charge in [0.15, 0.2) is 0 Å². The topological polar surface area (TPSA) is 64.3 Å². The van der Waals surface area contributed by atoms with Crippen molar-refractivity contribution >= 4 is 17.3 Å². The molecule has 0 spiro atoms. The van der Waals surface area contributed by atoms with E-state index in [9.17, 15) is 4.79 Å². The van der Waals surface area contributed by atoms with E-state index in [1.54, 1.807) is 7.11 Å². The van der Waals surface area contributed by atoms with Gasteiger partial charge in [-0.3, -0.25) is 4.79 Å². The van der Waals surface area contributed by atoms with Crippen molar-refractivity contribution < 1.29 is 9.53 Å². The number of rotatable bonds is 5. The number of anilines is 2. The summed E-state index contributed by atoms with van der Waals surface area (Å²) in [6.45, 7) is 1.98. The quantitative estimate of drug-likeness (QED) is 0.829. The highest BCUT2D eigenvalue weighted by Crippen LogP contribution is 2.25. The minimum atomic E-state index is -0.0552. The Morgan fingerprint density at radius 3 is 2.71 bits per heavy atom. The maximum absolute atomic E-state index is 12.0. The first kappa shape index (κ1) is 14.9. The molecule has 0 aliphatic heterocycles. The fourth-order valence-electron chi connectivity index (χ4n) is 2.12. The van der Waals surface area contributed by atoms with Gasteiger partial charge in [-0.1, -0.05) is 24.3 Å². The Kier molecular flexibility index (Phi) is 4.82. The van der Waals surface area contributed by atoms with E-state index < -0.39 is 0 Å². The van der Waals surface area contributed by atoms with Gasteiger partial charge >= 0.3 is 0 Å². The molecule has 0 radical (unpaired) electrons. The van der Waals surface area contributed by atoms with Crippen LogP contribution < -0.4 is 15.8 Å². The Balaban J connectivity index is 1.98. The van der Waals surface area contributed by atoms with Crippen LogP contribution in [0.5, 0.6) is 5.75 Å². The van der Waals surface area contributed by atoms with Crippen molar-refractivity contribution in [3.8, 4) is 5.75 Å². The summed E-state index contributed by atoms with van der Waals surface area (Å²) in [7, 11) is 1.59. The number of aryl methyl sites for hydroxylation is 2. The summed E-state index contributed by atoms with van der Waals surface area (Å²) in [5.74, 6) is 0.614. The number of ether oxygens (including phenoxy) is 1. The Labute approximate surface area is 124 Å². The number of hydrogen-bond acceptors (Lipinski definition) is 3. The van der Waals surface area contributed by atoms with Gasteiger partial charge in [0.05, 0.1) is 12.8 Å². The van der Waals surface area contributed by atoms with E-state index in [4.69, 9.17) is 10.5 Å². The summed E-state index contributed by atoms with van der Waals surface area (Å²) >= 11 is 0. The van der Waals surface area contributed by atoms with Gasteiger partial charge in [0.1, 0.15) is 5.75 Å². The van der Waals surface area contributed by atoms with E-state index in [0.29, 0.717) is 24.3 Å². The second-order valence-electron chi connectivity index (χ2n) is 4.95. The molecular weight excluding hydrogens is 264 g/mol. The average Bonchev–Trinajstić information content (AvgIpc) is 2.48. The van der Waals surface area contributed by atoms with Crippen LogP contribution in [-0.4, -0.2) is 13.0 Å². The maximum atomic E-state index is 12.0. The summed E-state index contributed by atoms with van der Waals surface area (Å²) in [5.41, 5.74) is 9.35. The molecule has 0 aromatic heterocycles. The van der Waals surface area contributed by atoms with Crippen LogP contribution in [0, 0.1) is 6.92 Å². The molecule has 3 N–H and O–H groups in total. The lowest BCUT2D eigenvalue weighted by Gasteiger charge is -2.11. The molecule has 0 bridgehead atoms. The van der Waals surface area contributed by atoms with E-state index in [1.807, 2.05) is 49.4 Å². The zero-order valence-electron chi connectivity index (χ0n) is 12.3. The number of methoxy groups -OCH3 is 1. The zero-order valence-corrected chi connectivity index (χ0v) is 12.3. The minimum absolute atomic E-state index is 0.0552. The molecule has 0 fully saturated rings. The molecule has 0 heterocycles. The number of para-hydroxylation sites is 1. The van der Waals surface area contributed by atoms with Crippen molar-refractivity contribution in [1.29, 1.82) is 0 Å². The van der Waals surface area contributed by atoms with Crippen molar-refractivity contribution in [1.82, 2.24) is 0 Å². The summed E-state index contributed by atoms with van der Waals surface area (Å²) in [6, 6.07) is 13.3. The standard InChI is InChI=1S/C17H20N2O2/c1-12-7-9-15(16(11-12)21-2)19-17(20)10-8-13-5-3-4-6-14(13)18/h3-7,9,11H,8,10,18H2,1-2H3,(H,19,20). The molecule has 0 saturated carbocycles. The number of nitrogen functional groups attached to an aromatic ring is 1. The largest absolute Gasteiger partial charge is 0.495 e. The maximum Gasteiger partial charge on any atom is 0.224 e. The molecule has 0 unspecified atom stereocenters. The van der Waals surface area contributed by atoms with E-state index in [0.717, 1.165) is 16.8 Å². The molecule has 2 aromatic carbocycles. The number of carbonyl (C=O) groups is 1. The zero-order chi connectivity index (χ0) is 15.2. The van der Waals surface area contributed by atoms with Gasteiger partial charge in [-0.25, -0.2) is 0 Å². The highest BCUT2D eigenvalue weighted by Gasteiger charge is 2.08. The predicted octanol–water partition coefficient (Wildman–Crippen LogP) is 3.16. The monoisotopic (exact) mass is 284 g/mol. The second-order valence-corrected chi connectivity index (χ2v) is 4.95. The van der Waals surface area contributed by atoms with Gasteiger partial charge in [0.2, 0.25) is 5.91 Å². The third-order valence-corrected chi connectivity index (χ3v) is 3.31. The van der Waals surface area contributed by atoms with Gasteiger partial charge in [-0.15, -0.1) is 0 Å². The van der Waals surface area contributed by atoms with Crippen LogP contribution in [0.4, 0.5) is 11.4 Å². The molecule has 2 rings (SSSR count). The van der Waals surface area contributed by atoms with E-state index in [2.05, 4.69) is 5.32 Å². The van der Waals surface area contributed by atoms with Gasteiger partial charge in [0.25, 0.3) is 0 Å². The average molecular weight is 284 g/mol. The van der Waals surface area contributed by atoms with Crippen molar-refractivity contribution in [2.75, 3.05) is 18.2 Å². The van der Waals surface area contributed by atoms with Crippen LogP contribution in [0.3, 0.4) is 0 Å². The lowest BCUT2D eigenvalue weighted by Crippen LogP contribution is -2.13. The lowest BCUT2D eigenvalue weighted by atomic mass is 10.1. The number of hydrogen-bond donors (Lipinski definition) is 2. The van der Waals surface area contributed by atoms with Crippen LogP contribution in [0.25, 0.3) is 0 Å². The molecule has 4 nitrogen and oxygen atoms in total. The molecule has 21 heavy (non-hydrogen) atoms. The van der Waals surface area contributed by atoms with Crippen LogP contribution >= 0.6 is 0 Å². The fraction of sp³-hybridized carbons (Fsp3) is 0.235. The molecule has 2 aromatic rings. The number of nitrogens with one attached hydrogen (secondary N) is 1. The smallest absolute Gasteiger partial charge is 0.224 e. The summed E-state index contributed by atoms with van der Waals surface area (Å²) in [6.07, 6.45) is 0.998. The number of benzene rings is 2. The Morgan fingerprint density at radius 2 is 2.00 bits per heavy atom. The summed E-state index contributed by atoms with van der Waals surface area (Å²) < 4.78 is 5.27. The van der Waals surface area contributed by atoms with Crippen molar-refractivity contribution in [2.45, 2.75) is 19.8 Å². The first-order valence-electron chi connectivity index (χ1n) is 6.88. The Hall–Kier alpha value is -2.49. The van der Waals surface area contributed by atoms with Gasteiger partial charge in [-0.05, 0) is 42.7 Å². The van der Waals surface area contributed by atoms with Gasteiger partial charge < -0.3 is 15.8 Å². The predicted molar refractivity (Wildman–Crippen MR) is 85.5 cm³/mol. The normalized spacial score (nSPS) is 10.2. The molecule has 0 aliphatic rings. The highest BCUT2D eigenvalue weighted by atomic mass is 16.5. The Morgan fingerprint density at radius 1 is 1.24 bits per heavy atom. The number of carbonyl (C=O) groups excluding carboxylic acids is 1. The SMILES string of the molecule is COc1cc(C)ccc1NC(=O)CCc1ccccc1N. The number of nitrogens with two attached hydrogens (primary N) is 1. The highest BCUT2D eigenvalue weighted by molar-refractivity contribution is 5.92. The van der Waals surface area contributed by atoms with Crippen molar-refractivity contribution in [3.05, 3.63) is 53.6 Å². The molecule has 0 atom stereocenters. The molecule has 4 heteroatoms. The van der Waals surface area contributed by atoms with Gasteiger partial charge in [0, 0.05) is 12.1 Å². The van der Waals surface area contributed by atoms with E-state index >= 15 is 0 Å². The lowest BCUT2D eigenvalue weighted by molar-refractivity contribution is -0.116. The third-order valence-electron chi connectivity index (χ3n) is 3.31. The molecule has 110 valence electrons. The minimum Gasteiger partial charge on any atom is -0.495 e. The van der Waals surface area contributed by atoms with Crippen molar-refractivity contribution in [3.63, 3.8) is 0 Å². The molecule has 0 aliphatic carbocycles. The van der Waals surface area contributed by atoms with Crippen LogP contribution in [-0.2, 0) is 11.2 Å². The first-order valence-corrected chi connectivity index (χ1v) is 6.88. The number of amides is 1. The summed E-state index contributed by atoms with van der Waals surface area (Å²) in [4.78, 5) is 12.0. The molecule has 1 amide bonds. The Bertz CT molecular complexity index is 638. The molecule has 0 saturated heterocycles. The van der Waals surface area contributed by atoms with Crippen LogP contribution in [0.1, 0.15) is 17.5 Å². The fourth-order valence-corrected chi connectivity index (χ4v) is 2.12. The van der Waals surface area contributed by atoms with Crippen LogP contribution in [0.15, 0.2) is 42.5 Å². The van der Waals surface area contributed by atoms with E-state index in [1.165, 1.54) is 0 Å².